The molecule has 0 amide bonds. The van der Waals surface area contributed by atoms with Gasteiger partial charge in [0.05, 0.1) is 15.6 Å². The second-order valence-corrected chi connectivity index (χ2v) is 6.46. The van der Waals surface area contributed by atoms with Gasteiger partial charge in [0.25, 0.3) is 0 Å². The standard InChI is InChI=1S/C17H14Br2O3/c1-2-6-15(20)13-9-12(18)10-14(19)16(13)22-17(21)11-7-4-3-5-8-11/h3-5,7-10H,2,6H2,1H3. The Morgan fingerprint density at radius 3 is 2.41 bits per heavy atom. The van der Waals surface area contributed by atoms with Crippen LogP contribution in [0.5, 0.6) is 5.75 Å². The molecule has 0 aliphatic carbocycles. The fourth-order valence-corrected chi connectivity index (χ4v) is 3.26. The third-order valence-corrected chi connectivity index (χ3v) is 4.04. The van der Waals surface area contributed by atoms with E-state index in [2.05, 4.69) is 31.9 Å². The van der Waals surface area contributed by atoms with E-state index >= 15 is 0 Å². The van der Waals surface area contributed by atoms with Crippen molar-refractivity contribution in [1.29, 1.82) is 0 Å². The number of carbonyl (C=O) groups is 2. The summed E-state index contributed by atoms with van der Waals surface area (Å²) in [6.07, 6.45) is 1.13. The lowest BCUT2D eigenvalue weighted by molar-refractivity contribution is 0.0731. The molecule has 22 heavy (non-hydrogen) atoms. The van der Waals surface area contributed by atoms with Gasteiger partial charge in [0.1, 0.15) is 0 Å². The lowest BCUT2D eigenvalue weighted by Gasteiger charge is -2.12. The summed E-state index contributed by atoms with van der Waals surface area (Å²) in [6.45, 7) is 1.93. The summed E-state index contributed by atoms with van der Waals surface area (Å²) in [5.74, 6) is -0.287. The molecule has 0 heterocycles. The summed E-state index contributed by atoms with van der Waals surface area (Å²) in [5.41, 5.74) is 0.832. The molecule has 0 radical (unpaired) electrons. The zero-order valence-corrected chi connectivity index (χ0v) is 15.1. The van der Waals surface area contributed by atoms with E-state index in [-0.39, 0.29) is 11.5 Å². The van der Waals surface area contributed by atoms with E-state index in [1.807, 2.05) is 13.0 Å². The third-order valence-electron chi connectivity index (χ3n) is 2.99. The zero-order chi connectivity index (χ0) is 16.1. The van der Waals surface area contributed by atoms with Crippen molar-refractivity contribution in [3.63, 3.8) is 0 Å². The van der Waals surface area contributed by atoms with Gasteiger partial charge in [-0.25, -0.2) is 4.79 Å². The number of rotatable bonds is 5. The predicted molar refractivity (Wildman–Crippen MR) is 92.5 cm³/mol. The second-order valence-electron chi connectivity index (χ2n) is 4.69. The van der Waals surface area contributed by atoms with Crippen LogP contribution >= 0.6 is 31.9 Å². The van der Waals surface area contributed by atoms with E-state index in [1.54, 1.807) is 36.4 Å². The molecule has 3 nitrogen and oxygen atoms in total. The van der Waals surface area contributed by atoms with Gasteiger partial charge < -0.3 is 4.74 Å². The van der Waals surface area contributed by atoms with E-state index in [0.29, 0.717) is 22.0 Å². The topological polar surface area (TPSA) is 43.4 Å². The van der Waals surface area contributed by atoms with Crippen LogP contribution in [0.4, 0.5) is 0 Å². The Hall–Kier alpha value is -1.46. The maximum absolute atomic E-state index is 12.3. The maximum atomic E-state index is 12.3. The number of carbonyl (C=O) groups excluding carboxylic acids is 2. The first-order valence-corrected chi connectivity index (χ1v) is 8.41. The van der Waals surface area contributed by atoms with Crippen molar-refractivity contribution in [2.24, 2.45) is 0 Å². The SMILES string of the molecule is CCCC(=O)c1cc(Br)cc(Br)c1OC(=O)c1ccccc1. The van der Waals surface area contributed by atoms with Crippen LogP contribution < -0.4 is 4.74 Å². The minimum Gasteiger partial charge on any atom is -0.421 e. The van der Waals surface area contributed by atoms with E-state index in [1.165, 1.54) is 0 Å². The van der Waals surface area contributed by atoms with Gasteiger partial charge in [0.2, 0.25) is 0 Å². The Morgan fingerprint density at radius 2 is 1.77 bits per heavy atom. The highest BCUT2D eigenvalue weighted by molar-refractivity contribution is 9.11. The normalized spacial score (nSPS) is 10.3. The first-order valence-electron chi connectivity index (χ1n) is 6.82. The summed E-state index contributed by atoms with van der Waals surface area (Å²) in [6, 6.07) is 12.1. The van der Waals surface area contributed by atoms with Crippen molar-refractivity contribution < 1.29 is 14.3 Å². The van der Waals surface area contributed by atoms with Gasteiger partial charge in [-0.1, -0.05) is 41.1 Å². The van der Waals surface area contributed by atoms with E-state index in [9.17, 15) is 9.59 Å². The molecule has 0 aromatic heterocycles. The lowest BCUT2D eigenvalue weighted by atomic mass is 10.1. The number of Topliss-reactive ketones (excluding diaryl/α,β-unsaturated/α-hetero) is 1. The Bertz CT molecular complexity index is 697. The fraction of sp³-hybridized carbons (Fsp3) is 0.176. The monoisotopic (exact) mass is 424 g/mol. The zero-order valence-electron chi connectivity index (χ0n) is 11.9. The highest BCUT2D eigenvalue weighted by Gasteiger charge is 2.19. The predicted octanol–water partition coefficient (Wildman–Crippen LogP) is 5.41. The maximum Gasteiger partial charge on any atom is 0.343 e. The van der Waals surface area contributed by atoms with E-state index in [0.717, 1.165) is 10.9 Å². The molecule has 0 unspecified atom stereocenters. The molecular weight excluding hydrogens is 412 g/mol. The van der Waals surface area contributed by atoms with Crippen molar-refractivity contribution in [1.82, 2.24) is 0 Å². The summed E-state index contributed by atoms with van der Waals surface area (Å²) in [4.78, 5) is 24.5. The molecule has 0 N–H and O–H groups in total. The van der Waals surface area contributed by atoms with Crippen LogP contribution in [0, 0.1) is 0 Å². The number of benzene rings is 2. The van der Waals surface area contributed by atoms with Crippen LogP contribution in [0.25, 0.3) is 0 Å². The molecule has 0 bridgehead atoms. The highest BCUT2D eigenvalue weighted by Crippen LogP contribution is 2.34. The molecule has 5 heteroatoms. The first-order chi connectivity index (χ1) is 10.5. The molecule has 0 atom stereocenters. The van der Waals surface area contributed by atoms with Crippen LogP contribution in [0.2, 0.25) is 0 Å². The average Bonchev–Trinajstić information content (AvgIpc) is 2.50. The number of hydrogen-bond donors (Lipinski definition) is 0. The highest BCUT2D eigenvalue weighted by atomic mass is 79.9. The summed E-state index contributed by atoms with van der Waals surface area (Å²) in [5, 5.41) is 0. The van der Waals surface area contributed by atoms with Crippen molar-refractivity contribution in [3.8, 4) is 5.75 Å². The van der Waals surface area contributed by atoms with Gasteiger partial charge >= 0.3 is 5.97 Å². The van der Waals surface area contributed by atoms with Crippen molar-refractivity contribution in [2.75, 3.05) is 0 Å². The number of esters is 1. The number of halogens is 2. The smallest absolute Gasteiger partial charge is 0.343 e. The Labute approximate surface area is 145 Å². The minimum atomic E-state index is -0.492. The summed E-state index contributed by atoms with van der Waals surface area (Å²) in [7, 11) is 0. The molecule has 0 saturated heterocycles. The molecule has 0 spiro atoms. The Kier molecular flexibility index (Phi) is 5.91. The summed E-state index contributed by atoms with van der Waals surface area (Å²) >= 11 is 6.71. The van der Waals surface area contributed by atoms with Crippen LogP contribution in [0.3, 0.4) is 0 Å². The molecule has 114 valence electrons. The van der Waals surface area contributed by atoms with Gasteiger partial charge in [0, 0.05) is 10.9 Å². The molecule has 0 saturated carbocycles. The molecular formula is C17H14Br2O3. The molecule has 0 fully saturated rings. The van der Waals surface area contributed by atoms with E-state index in [4.69, 9.17) is 4.74 Å². The molecule has 0 aliphatic rings. The van der Waals surface area contributed by atoms with Gasteiger partial charge in [-0.05, 0) is 46.6 Å². The second kappa shape index (κ2) is 7.70. The van der Waals surface area contributed by atoms with Crippen molar-refractivity contribution in [2.45, 2.75) is 19.8 Å². The molecule has 2 aromatic rings. The van der Waals surface area contributed by atoms with Crippen LogP contribution in [-0.4, -0.2) is 11.8 Å². The third kappa shape index (κ3) is 4.05. The van der Waals surface area contributed by atoms with Crippen LogP contribution in [-0.2, 0) is 0 Å². The average molecular weight is 426 g/mol. The van der Waals surface area contributed by atoms with Gasteiger partial charge in [0.15, 0.2) is 11.5 Å². The fourth-order valence-electron chi connectivity index (χ4n) is 1.96. The lowest BCUT2D eigenvalue weighted by Crippen LogP contribution is -2.12. The van der Waals surface area contributed by atoms with Gasteiger partial charge in [-0.3, -0.25) is 4.79 Å². The molecule has 0 aliphatic heterocycles. The number of hydrogen-bond acceptors (Lipinski definition) is 3. The minimum absolute atomic E-state index is 0.0552. The van der Waals surface area contributed by atoms with Gasteiger partial charge in [-0.15, -0.1) is 0 Å². The van der Waals surface area contributed by atoms with Crippen LogP contribution in [0.15, 0.2) is 51.4 Å². The Balaban J connectivity index is 2.37. The number of ether oxygens (including phenoxy) is 1. The first kappa shape index (κ1) is 16.9. The van der Waals surface area contributed by atoms with Crippen molar-refractivity contribution >= 4 is 43.6 Å². The van der Waals surface area contributed by atoms with E-state index < -0.39 is 5.97 Å². The molecule has 2 aromatic carbocycles. The molecule has 2 rings (SSSR count). The quantitative estimate of drug-likeness (QED) is 0.365. The van der Waals surface area contributed by atoms with Crippen LogP contribution in [0.1, 0.15) is 40.5 Å². The summed E-state index contributed by atoms with van der Waals surface area (Å²) < 4.78 is 6.77. The van der Waals surface area contributed by atoms with Crippen molar-refractivity contribution in [3.05, 3.63) is 62.5 Å². The number of ketones is 1. The Morgan fingerprint density at radius 1 is 1.09 bits per heavy atom. The largest absolute Gasteiger partial charge is 0.421 e. The van der Waals surface area contributed by atoms with Gasteiger partial charge in [-0.2, -0.15) is 0 Å².